The van der Waals surface area contributed by atoms with Gasteiger partial charge >= 0.3 is 0 Å². The van der Waals surface area contributed by atoms with E-state index in [2.05, 4.69) is 71.6 Å². The van der Waals surface area contributed by atoms with Gasteiger partial charge in [0.2, 0.25) is 5.91 Å². The number of benzene rings is 2. The lowest BCUT2D eigenvalue weighted by Crippen LogP contribution is -2.33. The van der Waals surface area contributed by atoms with Gasteiger partial charge in [0.05, 0.1) is 11.8 Å². The summed E-state index contributed by atoms with van der Waals surface area (Å²) in [6.07, 6.45) is 5.18. The van der Waals surface area contributed by atoms with E-state index in [9.17, 15) is 4.79 Å². The third-order valence-corrected chi connectivity index (χ3v) is 5.86. The number of aryl methyl sites for hydroxylation is 2. The van der Waals surface area contributed by atoms with Gasteiger partial charge in [-0.2, -0.15) is 5.10 Å². The highest BCUT2D eigenvalue weighted by atomic mass is 16.2. The van der Waals surface area contributed by atoms with E-state index in [0.717, 1.165) is 36.1 Å². The van der Waals surface area contributed by atoms with Crippen LogP contribution in [0.1, 0.15) is 47.6 Å². The zero-order valence-electron chi connectivity index (χ0n) is 17.3. The van der Waals surface area contributed by atoms with Gasteiger partial charge in [0.15, 0.2) is 0 Å². The molecule has 0 unspecified atom stereocenters. The number of carbonyl (C=O) groups is 1. The summed E-state index contributed by atoms with van der Waals surface area (Å²) in [6, 6.07) is 16.6. The van der Waals surface area contributed by atoms with Gasteiger partial charge in [0.25, 0.3) is 0 Å². The van der Waals surface area contributed by atoms with Gasteiger partial charge in [0.1, 0.15) is 6.54 Å². The molecule has 1 aliphatic heterocycles. The summed E-state index contributed by atoms with van der Waals surface area (Å²) in [5, 5.41) is 9.81. The Kier molecular flexibility index (Phi) is 5.68. The highest BCUT2D eigenvalue weighted by Crippen LogP contribution is 2.44. The van der Waals surface area contributed by atoms with E-state index < -0.39 is 0 Å². The number of rotatable bonds is 4. The SMILES string of the molecule is Cc1ccc(/C=C2/CCC[C@H]3C2=NN(C(=O)CN=[N+]=[N-])[C@H]3c2ccc(C)cc2)cc1. The van der Waals surface area contributed by atoms with E-state index in [4.69, 9.17) is 10.6 Å². The molecular weight excluding hydrogens is 374 g/mol. The number of carbonyl (C=O) groups excluding carboxylic acids is 1. The van der Waals surface area contributed by atoms with Crippen LogP contribution in [0.25, 0.3) is 16.5 Å². The first kappa shape index (κ1) is 19.9. The van der Waals surface area contributed by atoms with E-state index in [1.165, 1.54) is 16.7 Å². The summed E-state index contributed by atoms with van der Waals surface area (Å²) in [5.41, 5.74) is 15.4. The zero-order chi connectivity index (χ0) is 21.1. The molecule has 2 aromatic rings. The number of nitrogens with zero attached hydrogens (tertiary/aromatic N) is 5. The van der Waals surface area contributed by atoms with Crippen LogP contribution in [-0.4, -0.2) is 23.2 Å². The maximum absolute atomic E-state index is 12.8. The molecular formula is C24H25N5O. The van der Waals surface area contributed by atoms with Crippen molar-refractivity contribution in [1.82, 2.24) is 5.01 Å². The molecule has 1 amide bonds. The summed E-state index contributed by atoms with van der Waals surface area (Å²) in [5.74, 6) is -0.122. The van der Waals surface area contributed by atoms with Crippen LogP contribution in [0.4, 0.5) is 0 Å². The summed E-state index contributed by atoms with van der Waals surface area (Å²) >= 11 is 0. The van der Waals surface area contributed by atoms with Crippen LogP contribution in [0.5, 0.6) is 0 Å². The molecule has 2 atom stereocenters. The van der Waals surface area contributed by atoms with Crippen LogP contribution in [0.3, 0.4) is 0 Å². The lowest BCUT2D eigenvalue weighted by atomic mass is 9.77. The lowest BCUT2D eigenvalue weighted by molar-refractivity contribution is -0.132. The highest BCUT2D eigenvalue weighted by Gasteiger charge is 2.43. The van der Waals surface area contributed by atoms with Crippen molar-refractivity contribution in [2.75, 3.05) is 6.54 Å². The Bertz CT molecular complexity index is 1050. The summed E-state index contributed by atoms with van der Waals surface area (Å²) in [4.78, 5) is 15.6. The fraction of sp³-hybridized carbons (Fsp3) is 0.333. The maximum atomic E-state index is 12.8. The number of hydrazone groups is 1. The van der Waals surface area contributed by atoms with Crippen molar-refractivity contribution in [1.29, 1.82) is 0 Å². The minimum absolute atomic E-state index is 0.146. The lowest BCUT2D eigenvalue weighted by Gasteiger charge is -2.29. The molecule has 6 heteroatoms. The van der Waals surface area contributed by atoms with Crippen LogP contribution < -0.4 is 0 Å². The Labute approximate surface area is 176 Å². The molecule has 0 saturated heterocycles. The van der Waals surface area contributed by atoms with Gasteiger partial charge in [-0.1, -0.05) is 64.8 Å². The molecule has 0 radical (unpaired) electrons. The molecule has 0 spiro atoms. The number of allylic oxidation sites excluding steroid dienone is 1. The molecule has 0 bridgehead atoms. The predicted octanol–water partition coefficient (Wildman–Crippen LogP) is 5.74. The molecule has 1 fully saturated rings. The number of hydrogen-bond acceptors (Lipinski definition) is 3. The quantitative estimate of drug-likeness (QED) is 0.367. The minimum atomic E-state index is -0.269. The Morgan fingerprint density at radius 3 is 2.50 bits per heavy atom. The van der Waals surface area contributed by atoms with E-state index in [1.807, 2.05) is 6.92 Å². The second kappa shape index (κ2) is 8.56. The van der Waals surface area contributed by atoms with Gasteiger partial charge in [-0.25, -0.2) is 5.01 Å². The van der Waals surface area contributed by atoms with Crippen LogP contribution in [0, 0.1) is 19.8 Å². The molecule has 4 rings (SSSR count). The van der Waals surface area contributed by atoms with Crippen LogP contribution in [-0.2, 0) is 4.79 Å². The van der Waals surface area contributed by atoms with Crippen molar-refractivity contribution in [3.05, 3.63) is 86.8 Å². The summed E-state index contributed by atoms with van der Waals surface area (Å²) < 4.78 is 0. The smallest absolute Gasteiger partial charge is 0.249 e. The Morgan fingerprint density at radius 2 is 1.83 bits per heavy atom. The minimum Gasteiger partial charge on any atom is -0.273 e. The van der Waals surface area contributed by atoms with Crippen LogP contribution >= 0.6 is 0 Å². The van der Waals surface area contributed by atoms with Gasteiger partial charge in [-0.3, -0.25) is 4.79 Å². The third kappa shape index (κ3) is 4.00. The number of azide groups is 1. The number of hydrogen-bond donors (Lipinski definition) is 0. The van der Waals surface area contributed by atoms with E-state index >= 15 is 0 Å². The van der Waals surface area contributed by atoms with Crippen LogP contribution in [0.2, 0.25) is 0 Å². The van der Waals surface area contributed by atoms with E-state index in [1.54, 1.807) is 5.01 Å². The second-order valence-electron chi connectivity index (χ2n) is 8.05. The first-order valence-corrected chi connectivity index (χ1v) is 10.3. The fourth-order valence-electron chi connectivity index (χ4n) is 4.33. The van der Waals surface area contributed by atoms with E-state index in [0.29, 0.717) is 0 Å². The molecule has 152 valence electrons. The Morgan fingerprint density at radius 1 is 1.17 bits per heavy atom. The number of fused-ring (bicyclic) bond motifs is 1. The monoisotopic (exact) mass is 399 g/mol. The summed E-state index contributed by atoms with van der Waals surface area (Å²) in [6.45, 7) is 3.90. The predicted molar refractivity (Wildman–Crippen MR) is 119 cm³/mol. The van der Waals surface area contributed by atoms with Crippen molar-refractivity contribution in [2.24, 2.45) is 16.1 Å². The van der Waals surface area contributed by atoms with Crippen molar-refractivity contribution in [3.8, 4) is 0 Å². The summed E-state index contributed by atoms with van der Waals surface area (Å²) in [7, 11) is 0. The van der Waals surface area contributed by atoms with Crippen molar-refractivity contribution >= 4 is 17.7 Å². The van der Waals surface area contributed by atoms with Crippen molar-refractivity contribution < 1.29 is 4.79 Å². The van der Waals surface area contributed by atoms with Gasteiger partial charge < -0.3 is 0 Å². The number of amides is 1. The molecule has 1 aliphatic carbocycles. The first-order chi connectivity index (χ1) is 14.6. The third-order valence-electron chi connectivity index (χ3n) is 5.86. The average Bonchev–Trinajstić information content (AvgIpc) is 3.15. The largest absolute Gasteiger partial charge is 0.273 e. The van der Waals surface area contributed by atoms with Gasteiger partial charge in [-0.15, -0.1) is 0 Å². The second-order valence-corrected chi connectivity index (χ2v) is 8.05. The first-order valence-electron chi connectivity index (χ1n) is 10.3. The molecule has 0 N–H and O–H groups in total. The van der Waals surface area contributed by atoms with Crippen molar-refractivity contribution in [2.45, 2.75) is 39.2 Å². The van der Waals surface area contributed by atoms with Gasteiger partial charge in [0, 0.05) is 10.8 Å². The average molecular weight is 399 g/mol. The molecule has 0 aromatic heterocycles. The van der Waals surface area contributed by atoms with E-state index in [-0.39, 0.29) is 24.4 Å². The molecule has 2 aromatic carbocycles. The Hall–Kier alpha value is -3.37. The molecule has 6 nitrogen and oxygen atoms in total. The highest BCUT2D eigenvalue weighted by molar-refractivity contribution is 6.08. The molecule has 2 aliphatic rings. The standard InChI is InChI=1S/C24H25N5O/c1-16-6-10-18(11-7-16)14-20-4-3-5-21-23(20)27-29(22(30)15-26-28-25)24(21)19-12-8-17(2)9-13-19/h6-14,21,24H,3-5,15H2,1-2H3/b20-14-/t21-,24-/m0/s1. The van der Waals surface area contributed by atoms with Crippen LogP contribution in [0.15, 0.2) is 64.3 Å². The zero-order valence-corrected chi connectivity index (χ0v) is 17.3. The maximum Gasteiger partial charge on any atom is 0.249 e. The Balaban J connectivity index is 1.73. The molecule has 30 heavy (non-hydrogen) atoms. The fourth-order valence-corrected chi connectivity index (χ4v) is 4.33. The molecule has 1 heterocycles. The molecule has 1 saturated carbocycles. The van der Waals surface area contributed by atoms with Crippen molar-refractivity contribution in [3.63, 3.8) is 0 Å². The van der Waals surface area contributed by atoms with Gasteiger partial charge in [-0.05, 0) is 61.4 Å². The normalized spacial score (nSPS) is 21.7. The topological polar surface area (TPSA) is 81.4 Å².